The van der Waals surface area contributed by atoms with Crippen molar-refractivity contribution in [1.82, 2.24) is 15.6 Å². The molecule has 0 unspecified atom stereocenters. The van der Waals surface area contributed by atoms with E-state index in [2.05, 4.69) is 34.5 Å². The number of nitrogens with one attached hydrogen (secondary N) is 2. The number of hydrogen-bond donors (Lipinski definition) is 2. The lowest BCUT2D eigenvalue weighted by Gasteiger charge is -2.13. The van der Waals surface area contributed by atoms with Gasteiger partial charge in [0.05, 0.1) is 13.2 Å². The van der Waals surface area contributed by atoms with Crippen LogP contribution in [-0.2, 0) is 16.0 Å². The van der Waals surface area contributed by atoms with Gasteiger partial charge in [0.1, 0.15) is 6.61 Å². The summed E-state index contributed by atoms with van der Waals surface area (Å²) >= 11 is 0. The number of guanidine groups is 1. The van der Waals surface area contributed by atoms with Crippen LogP contribution < -0.4 is 15.4 Å². The van der Waals surface area contributed by atoms with Gasteiger partial charge >= 0.3 is 0 Å². The van der Waals surface area contributed by atoms with Gasteiger partial charge in [-0.25, -0.2) is 9.98 Å². The zero-order chi connectivity index (χ0) is 19.0. The van der Waals surface area contributed by atoms with E-state index < -0.39 is 0 Å². The Kier molecular flexibility index (Phi) is 16.3. The highest BCUT2D eigenvalue weighted by atomic mass is 127. The maximum absolute atomic E-state index is 5.65. The highest BCUT2D eigenvalue weighted by molar-refractivity contribution is 14.0. The summed E-state index contributed by atoms with van der Waals surface area (Å²) in [6.07, 6.45) is 2.66. The van der Waals surface area contributed by atoms with Gasteiger partial charge in [0.2, 0.25) is 5.88 Å². The Bertz CT molecular complexity index is 515. The van der Waals surface area contributed by atoms with Crippen LogP contribution in [0.5, 0.6) is 5.88 Å². The summed E-state index contributed by atoms with van der Waals surface area (Å²) in [5.41, 5.74) is 0.945. The van der Waals surface area contributed by atoms with E-state index >= 15 is 0 Å². The number of hydrogen-bond acceptors (Lipinski definition) is 5. The molecule has 2 N–H and O–H groups in total. The van der Waals surface area contributed by atoms with Crippen molar-refractivity contribution in [3.63, 3.8) is 0 Å². The van der Waals surface area contributed by atoms with Gasteiger partial charge in [-0.15, -0.1) is 24.0 Å². The van der Waals surface area contributed by atoms with Gasteiger partial charge in [-0.1, -0.05) is 19.9 Å². The molecule has 0 saturated heterocycles. The molecule has 0 radical (unpaired) electrons. The third-order valence-corrected chi connectivity index (χ3v) is 3.34. The van der Waals surface area contributed by atoms with Gasteiger partial charge in [-0.05, 0) is 25.3 Å². The molecule has 7 nitrogen and oxygen atoms in total. The fourth-order valence-electron chi connectivity index (χ4n) is 2.10. The minimum absolute atomic E-state index is 0. The van der Waals surface area contributed by atoms with Crippen LogP contribution >= 0.6 is 24.0 Å². The zero-order valence-corrected chi connectivity index (χ0v) is 19.3. The molecule has 0 aliphatic carbocycles. The van der Waals surface area contributed by atoms with Crippen LogP contribution in [0.2, 0.25) is 0 Å². The van der Waals surface area contributed by atoms with Crippen LogP contribution in [0.1, 0.15) is 32.8 Å². The van der Waals surface area contributed by atoms with Gasteiger partial charge in [-0.2, -0.15) is 0 Å². The Morgan fingerprint density at radius 2 is 2.04 bits per heavy atom. The molecule has 27 heavy (non-hydrogen) atoms. The SMILES string of the molecule is CCNC(=NCc1cccnc1OCCOC)NCCCOCC(C)C.I. The van der Waals surface area contributed by atoms with Crippen LogP contribution in [0.4, 0.5) is 0 Å². The van der Waals surface area contributed by atoms with E-state index in [1.165, 1.54) is 0 Å². The molecule has 0 saturated carbocycles. The van der Waals surface area contributed by atoms with Crippen molar-refractivity contribution in [3.8, 4) is 5.88 Å². The van der Waals surface area contributed by atoms with E-state index in [9.17, 15) is 0 Å². The molecule has 156 valence electrons. The van der Waals surface area contributed by atoms with Crippen molar-refractivity contribution in [2.75, 3.05) is 46.6 Å². The average molecular weight is 494 g/mol. The minimum atomic E-state index is 0. The lowest BCUT2D eigenvalue weighted by atomic mass is 10.2. The molecule has 0 spiro atoms. The molecule has 0 fully saturated rings. The number of nitrogens with zero attached hydrogens (tertiary/aromatic N) is 2. The van der Waals surface area contributed by atoms with Gasteiger partial charge in [0.25, 0.3) is 0 Å². The quantitative estimate of drug-likeness (QED) is 0.190. The summed E-state index contributed by atoms with van der Waals surface area (Å²) in [7, 11) is 1.65. The summed E-state index contributed by atoms with van der Waals surface area (Å²) in [5, 5.41) is 6.58. The molecule has 0 atom stereocenters. The second kappa shape index (κ2) is 17.0. The molecule has 8 heteroatoms. The van der Waals surface area contributed by atoms with E-state index in [0.29, 0.717) is 31.6 Å². The molecule has 0 aliphatic heterocycles. The fourth-order valence-corrected chi connectivity index (χ4v) is 2.10. The lowest BCUT2D eigenvalue weighted by Crippen LogP contribution is -2.38. The summed E-state index contributed by atoms with van der Waals surface area (Å²) < 4.78 is 16.3. The van der Waals surface area contributed by atoms with Crippen LogP contribution in [0.3, 0.4) is 0 Å². The lowest BCUT2D eigenvalue weighted by molar-refractivity contribution is 0.108. The maximum Gasteiger partial charge on any atom is 0.218 e. The van der Waals surface area contributed by atoms with E-state index in [-0.39, 0.29) is 24.0 Å². The minimum Gasteiger partial charge on any atom is -0.475 e. The topological polar surface area (TPSA) is 77.0 Å². The van der Waals surface area contributed by atoms with E-state index in [4.69, 9.17) is 14.2 Å². The Hall–Kier alpha value is -1.13. The second-order valence-corrected chi connectivity index (χ2v) is 6.25. The van der Waals surface area contributed by atoms with E-state index in [0.717, 1.165) is 44.2 Å². The van der Waals surface area contributed by atoms with Crippen LogP contribution in [0.15, 0.2) is 23.3 Å². The Balaban J connectivity index is 0.00000676. The molecule has 0 aromatic carbocycles. The number of aromatic nitrogens is 1. The molecular formula is C19H35IN4O3. The third kappa shape index (κ3) is 12.8. The summed E-state index contributed by atoms with van der Waals surface area (Å²) in [5.74, 6) is 1.95. The van der Waals surface area contributed by atoms with Crippen molar-refractivity contribution in [3.05, 3.63) is 23.9 Å². The number of pyridine rings is 1. The predicted molar refractivity (Wildman–Crippen MR) is 120 cm³/mol. The molecule has 0 bridgehead atoms. The average Bonchev–Trinajstić information content (AvgIpc) is 2.63. The van der Waals surface area contributed by atoms with E-state index in [1.807, 2.05) is 19.1 Å². The summed E-state index contributed by atoms with van der Waals surface area (Å²) in [6, 6.07) is 3.86. The zero-order valence-electron chi connectivity index (χ0n) is 17.0. The molecule has 0 aliphatic rings. The first-order valence-electron chi connectivity index (χ1n) is 9.32. The Morgan fingerprint density at radius 3 is 2.74 bits per heavy atom. The smallest absolute Gasteiger partial charge is 0.218 e. The molecular weight excluding hydrogens is 459 g/mol. The summed E-state index contributed by atoms with van der Waals surface area (Å²) in [6.45, 7) is 11.0. The standard InChI is InChI=1S/C19H34N4O3.HI/c1-5-20-19(22-10-7-11-25-15-16(2)3)23-14-17-8-6-9-21-18(17)26-13-12-24-4;/h6,8-9,16H,5,7,10-15H2,1-4H3,(H2,20,22,23);1H. The normalized spacial score (nSPS) is 11.2. The second-order valence-electron chi connectivity index (χ2n) is 6.25. The Labute approximate surface area is 180 Å². The number of methoxy groups -OCH3 is 1. The van der Waals surface area contributed by atoms with Gasteiger partial charge in [0, 0.05) is 45.2 Å². The van der Waals surface area contributed by atoms with Crippen LogP contribution in [0, 0.1) is 5.92 Å². The highest BCUT2D eigenvalue weighted by Crippen LogP contribution is 2.15. The Morgan fingerprint density at radius 1 is 1.22 bits per heavy atom. The first kappa shape index (κ1) is 25.9. The third-order valence-electron chi connectivity index (χ3n) is 3.34. The molecule has 0 amide bonds. The van der Waals surface area contributed by atoms with Crippen molar-refractivity contribution in [2.24, 2.45) is 10.9 Å². The van der Waals surface area contributed by atoms with Crippen molar-refractivity contribution in [1.29, 1.82) is 0 Å². The highest BCUT2D eigenvalue weighted by Gasteiger charge is 2.05. The first-order chi connectivity index (χ1) is 12.7. The van der Waals surface area contributed by atoms with Gasteiger partial charge in [0.15, 0.2) is 5.96 Å². The molecule has 1 aromatic heterocycles. The van der Waals surface area contributed by atoms with Crippen LogP contribution in [-0.4, -0.2) is 57.6 Å². The first-order valence-corrected chi connectivity index (χ1v) is 9.32. The number of rotatable bonds is 13. The van der Waals surface area contributed by atoms with Crippen molar-refractivity contribution in [2.45, 2.75) is 33.7 Å². The largest absolute Gasteiger partial charge is 0.475 e. The number of halogens is 1. The molecule has 1 heterocycles. The van der Waals surface area contributed by atoms with Crippen molar-refractivity contribution >= 4 is 29.9 Å². The maximum atomic E-state index is 5.65. The number of aliphatic imine (C=N–C) groups is 1. The van der Waals surface area contributed by atoms with Crippen LogP contribution in [0.25, 0.3) is 0 Å². The molecule has 1 rings (SSSR count). The van der Waals surface area contributed by atoms with Gasteiger partial charge in [-0.3, -0.25) is 0 Å². The predicted octanol–water partition coefficient (Wildman–Crippen LogP) is 2.84. The number of ether oxygens (including phenoxy) is 3. The summed E-state index contributed by atoms with van der Waals surface area (Å²) in [4.78, 5) is 8.90. The van der Waals surface area contributed by atoms with E-state index in [1.54, 1.807) is 13.3 Å². The molecule has 1 aromatic rings. The van der Waals surface area contributed by atoms with Gasteiger partial charge < -0.3 is 24.8 Å². The fraction of sp³-hybridized carbons (Fsp3) is 0.684. The monoisotopic (exact) mass is 494 g/mol. The van der Waals surface area contributed by atoms with Crippen molar-refractivity contribution < 1.29 is 14.2 Å².